The van der Waals surface area contributed by atoms with E-state index in [0.29, 0.717) is 18.8 Å². The highest BCUT2D eigenvalue weighted by atomic mass is 16.1. The second-order valence-corrected chi connectivity index (χ2v) is 5.39. The fourth-order valence-corrected chi connectivity index (χ4v) is 2.24. The summed E-state index contributed by atoms with van der Waals surface area (Å²) in [6.45, 7) is 5.40. The van der Waals surface area contributed by atoms with E-state index < -0.39 is 0 Å². The SMILES string of the molecule is C#CCCC(=O)Nc1ccc2c(ccn2CC(C)C)c1. The van der Waals surface area contributed by atoms with Crippen LogP contribution in [0.1, 0.15) is 26.7 Å². The molecule has 0 saturated heterocycles. The van der Waals surface area contributed by atoms with Crippen LogP contribution in [0, 0.1) is 18.3 Å². The Balaban J connectivity index is 2.14. The van der Waals surface area contributed by atoms with Crippen LogP contribution >= 0.6 is 0 Å². The number of nitrogens with zero attached hydrogens (tertiary/aromatic N) is 1. The number of carbonyl (C=O) groups excluding carboxylic acids is 1. The molecule has 0 fully saturated rings. The van der Waals surface area contributed by atoms with E-state index in [4.69, 9.17) is 6.42 Å². The second-order valence-electron chi connectivity index (χ2n) is 5.39. The third-order valence-corrected chi connectivity index (χ3v) is 3.11. The zero-order chi connectivity index (χ0) is 14.5. The molecule has 0 atom stereocenters. The molecule has 0 radical (unpaired) electrons. The van der Waals surface area contributed by atoms with Crippen LogP contribution in [0.5, 0.6) is 0 Å². The highest BCUT2D eigenvalue weighted by molar-refractivity contribution is 5.94. The van der Waals surface area contributed by atoms with Gasteiger partial charge in [-0.25, -0.2) is 0 Å². The number of rotatable bonds is 5. The maximum atomic E-state index is 11.6. The van der Waals surface area contributed by atoms with Gasteiger partial charge < -0.3 is 9.88 Å². The first-order chi connectivity index (χ1) is 9.60. The van der Waals surface area contributed by atoms with Crippen molar-refractivity contribution in [3.63, 3.8) is 0 Å². The largest absolute Gasteiger partial charge is 0.347 e. The predicted octanol–water partition coefficient (Wildman–Crippen LogP) is 3.65. The molecule has 0 saturated carbocycles. The molecule has 2 rings (SSSR count). The number of hydrogen-bond acceptors (Lipinski definition) is 1. The summed E-state index contributed by atoms with van der Waals surface area (Å²) in [5.74, 6) is 3.04. The molecule has 20 heavy (non-hydrogen) atoms. The van der Waals surface area contributed by atoms with Gasteiger partial charge in [0, 0.05) is 42.2 Å². The van der Waals surface area contributed by atoms with E-state index in [0.717, 1.165) is 17.6 Å². The van der Waals surface area contributed by atoms with Crippen molar-refractivity contribution in [2.45, 2.75) is 33.2 Å². The van der Waals surface area contributed by atoms with Gasteiger partial charge in [-0.05, 0) is 30.2 Å². The highest BCUT2D eigenvalue weighted by Gasteiger charge is 2.06. The first-order valence-electron chi connectivity index (χ1n) is 6.92. The zero-order valence-corrected chi connectivity index (χ0v) is 12.0. The van der Waals surface area contributed by atoms with Crippen LogP contribution in [-0.4, -0.2) is 10.5 Å². The van der Waals surface area contributed by atoms with E-state index in [2.05, 4.69) is 48.0 Å². The zero-order valence-electron chi connectivity index (χ0n) is 12.0. The number of hydrogen-bond donors (Lipinski definition) is 1. The fourth-order valence-electron chi connectivity index (χ4n) is 2.24. The Morgan fingerprint density at radius 3 is 2.90 bits per heavy atom. The van der Waals surface area contributed by atoms with Crippen molar-refractivity contribution in [1.82, 2.24) is 4.57 Å². The van der Waals surface area contributed by atoms with Crippen LogP contribution in [0.2, 0.25) is 0 Å². The van der Waals surface area contributed by atoms with E-state index in [1.807, 2.05) is 12.1 Å². The van der Waals surface area contributed by atoms with E-state index in [1.54, 1.807) is 0 Å². The van der Waals surface area contributed by atoms with E-state index in [9.17, 15) is 4.79 Å². The van der Waals surface area contributed by atoms with Crippen molar-refractivity contribution in [1.29, 1.82) is 0 Å². The van der Waals surface area contributed by atoms with Gasteiger partial charge in [-0.2, -0.15) is 0 Å². The van der Waals surface area contributed by atoms with Gasteiger partial charge in [0.25, 0.3) is 0 Å². The van der Waals surface area contributed by atoms with Gasteiger partial charge >= 0.3 is 0 Å². The molecular formula is C17H20N2O. The number of terminal acetylenes is 1. The molecule has 3 nitrogen and oxygen atoms in total. The van der Waals surface area contributed by atoms with Crippen molar-refractivity contribution in [2.24, 2.45) is 5.92 Å². The lowest BCUT2D eigenvalue weighted by Gasteiger charge is -2.09. The number of anilines is 1. The fraction of sp³-hybridized carbons (Fsp3) is 0.353. The molecule has 1 aromatic heterocycles. The van der Waals surface area contributed by atoms with Gasteiger partial charge in [-0.3, -0.25) is 4.79 Å². The smallest absolute Gasteiger partial charge is 0.225 e. The molecule has 1 heterocycles. The third kappa shape index (κ3) is 3.42. The Morgan fingerprint density at radius 2 is 2.20 bits per heavy atom. The molecule has 0 bridgehead atoms. The minimum atomic E-state index is -0.0380. The molecule has 1 aromatic carbocycles. The molecule has 0 aliphatic heterocycles. The number of carbonyl (C=O) groups is 1. The Morgan fingerprint density at radius 1 is 1.40 bits per heavy atom. The molecule has 0 aliphatic rings. The lowest BCUT2D eigenvalue weighted by atomic mass is 10.2. The highest BCUT2D eigenvalue weighted by Crippen LogP contribution is 2.21. The molecule has 2 aromatic rings. The third-order valence-electron chi connectivity index (χ3n) is 3.11. The molecule has 0 aliphatic carbocycles. The summed E-state index contributed by atoms with van der Waals surface area (Å²) < 4.78 is 2.24. The van der Waals surface area contributed by atoms with Gasteiger partial charge in [0.15, 0.2) is 0 Å². The maximum absolute atomic E-state index is 11.6. The minimum absolute atomic E-state index is 0.0380. The molecule has 104 valence electrons. The maximum Gasteiger partial charge on any atom is 0.225 e. The van der Waals surface area contributed by atoms with Crippen molar-refractivity contribution in [2.75, 3.05) is 5.32 Å². The number of benzene rings is 1. The summed E-state index contributed by atoms with van der Waals surface area (Å²) in [6, 6.07) is 8.07. The average Bonchev–Trinajstić information content (AvgIpc) is 2.78. The monoisotopic (exact) mass is 268 g/mol. The van der Waals surface area contributed by atoms with E-state index >= 15 is 0 Å². The molecule has 0 unspecified atom stereocenters. The lowest BCUT2D eigenvalue weighted by Crippen LogP contribution is -2.10. The van der Waals surface area contributed by atoms with Crippen molar-refractivity contribution in [3.05, 3.63) is 30.5 Å². The summed E-state index contributed by atoms with van der Waals surface area (Å²) in [6.07, 6.45) is 8.08. The first kappa shape index (κ1) is 14.2. The van der Waals surface area contributed by atoms with Crippen LogP contribution in [0.25, 0.3) is 10.9 Å². The van der Waals surface area contributed by atoms with Gasteiger partial charge in [-0.15, -0.1) is 12.3 Å². The van der Waals surface area contributed by atoms with Gasteiger partial charge in [0.2, 0.25) is 5.91 Å². The average molecular weight is 268 g/mol. The van der Waals surface area contributed by atoms with Gasteiger partial charge in [0.1, 0.15) is 0 Å². The van der Waals surface area contributed by atoms with Crippen LogP contribution < -0.4 is 5.32 Å². The summed E-state index contributed by atoms with van der Waals surface area (Å²) >= 11 is 0. The Kier molecular flexibility index (Phi) is 4.47. The molecule has 0 spiro atoms. The van der Waals surface area contributed by atoms with Crippen molar-refractivity contribution >= 4 is 22.5 Å². The standard InChI is InChI=1S/C17H20N2O/c1-4-5-6-17(20)18-15-7-8-16-14(11-15)9-10-19(16)12-13(2)3/h1,7-11,13H,5-6,12H2,2-3H3,(H,18,20). The van der Waals surface area contributed by atoms with Gasteiger partial charge in [-0.1, -0.05) is 13.8 Å². The molecule has 1 amide bonds. The minimum Gasteiger partial charge on any atom is -0.347 e. The number of nitrogens with one attached hydrogen (secondary N) is 1. The van der Waals surface area contributed by atoms with Crippen LogP contribution in [0.3, 0.4) is 0 Å². The number of amides is 1. The summed E-state index contributed by atoms with van der Waals surface area (Å²) in [7, 11) is 0. The van der Waals surface area contributed by atoms with Gasteiger partial charge in [0.05, 0.1) is 0 Å². The second kappa shape index (κ2) is 6.29. The summed E-state index contributed by atoms with van der Waals surface area (Å²) in [5.41, 5.74) is 2.02. The normalized spacial score (nSPS) is 10.7. The Labute approximate surface area is 120 Å². The topological polar surface area (TPSA) is 34.0 Å². The van der Waals surface area contributed by atoms with Crippen molar-refractivity contribution in [3.8, 4) is 12.3 Å². The summed E-state index contributed by atoms with van der Waals surface area (Å²) in [4.78, 5) is 11.6. The quantitative estimate of drug-likeness (QED) is 0.825. The van der Waals surface area contributed by atoms with E-state index in [1.165, 1.54) is 5.52 Å². The van der Waals surface area contributed by atoms with Crippen LogP contribution in [0.15, 0.2) is 30.5 Å². The molecule has 3 heteroatoms. The Bertz CT molecular complexity index is 647. The van der Waals surface area contributed by atoms with Crippen LogP contribution in [0.4, 0.5) is 5.69 Å². The molecular weight excluding hydrogens is 248 g/mol. The predicted molar refractivity (Wildman–Crippen MR) is 83.5 cm³/mol. The van der Waals surface area contributed by atoms with E-state index in [-0.39, 0.29) is 5.91 Å². The lowest BCUT2D eigenvalue weighted by molar-refractivity contribution is -0.116. The van der Waals surface area contributed by atoms with Crippen molar-refractivity contribution < 1.29 is 4.79 Å². The first-order valence-corrected chi connectivity index (χ1v) is 6.92. The number of fused-ring (bicyclic) bond motifs is 1. The molecule has 1 N–H and O–H groups in total. The summed E-state index contributed by atoms with van der Waals surface area (Å²) in [5, 5.41) is 4.01. The number of aromatic nitrogens is 1. The Hall–Kier alpha value is -2.21. The van der Waals surface area contributed by atoms with Crippen LogP contribution in [-0.2, 0) is 11.3 Å².